The molecule has 1 aromatic heterocycles. The van der Waals surface area contributed by atoms with Gasteiger partial charge in [0, 0.05) is 16.0 Å². The number of fused-ring (bicyclic) bond motifs is 1. The minimum atomic E-state index is -1.22. The van der Waals surface area contributed by atoms with Gasteiger partial charge in [-0.25, -0.2) is 0 Å². The summed E-state index contributed by atoms with van der Waals surface area (Å²) in [6.07, 6.45) is 4.13. The highest BCUT2D eigenvalue weighted by Gasteiger charge is 2.41. The molecule has 1 fully saturated rings. The van der Waals surface area contributed by atoms with Gasteiger partial charge >= 0.3 is 5.97 Å². The van der Waals surface area contributed by atoms with Gasteiger partial charge in [0.1, 0.15) is 6.61 Å². The number of ether oxygens (including phenoxy) is 1. The standard InChI is InChI=1S/C28H42O8S/c29-15-28(16-30,17-31)18-36-27(35)10-4-2-1-3-8-20-21(24(34)14-23(20)33)11-12-22(32)26-13-19-7-5-6-9-25(19)37-26/h5-7,9,13,20-24,29-34H,1-4,8,10-12,14-18H2/t20?,21-,22-,23+,24-/m1/s1. The first-order valence-electron chi connectivity index (χ1n) is 13.3. The summed E-state index contributed by atoms with van der Waals surface area (Å²) in [6, 6.07) is 10.1. The number of aliphatic hydroxyl groups is 6. The lowest BCUT2D eigenvalue weighted by atomic mass is 9.84. The zero-order chi connectivity index (χ0) is 26.8. The van der Waals surface area contributed by atoms with Crippen molar-refractivity contribution in [1.82, 2.24) is 0 Å². The number of carbonyl (C=O) groups is 1. The fraction of sp³-hybridized carbons (Fsp3) is 0.679. The van der Waals surface area contributed by atoms with E-state index < -0.39 is 49.5 Å². The second kappa shape index (κ2) is 14.5. The van der Waals surface area contributed by atoms with Gasteiger partial charge in [0.05, 0.1) is 43.5 Å². The smallest absolute Gasteiger partial charge is 0.305 e. The minimum Gasteiger partial charge on any atom is -0.465 e. The van der Waals surface area contributed by atoms with Crippen LogP contribution in [-0.4, -0.2) is 75.2 Å². The number of esters is 1. The third-order valence-electron chi connectivity index (χ3n) is 7.78. The van der Waals surface area contributed by atoms with Crippen LogP contribution < -0.4 is 0 Å². The molecule has 1 aliphatic carbocycles. The van der Waals surface area contributed by atoms with E-state index in [9.17, 15) is 35.4 Å². The van der Waals surface area contributed by atoms with Crippen LogP contribution in [0.5, 0.6) is 0 Å². The largest absolute Gasteiger partial charge is 0.465 e. The molecule has 8 nitrogen and oxygen atoms in total. The normalized spacial score (nSPS) is 23.0. The molecular formula is C28H42O8S. The molecule has 37 heavy (non-hydrogen) atoms. The van der Waals surface area contributed by atoms with Crippen LogP contribution in [0.4, 0.5) is 0 Å². The van der Waals surface area contributed by atoms with Crippen LogP contribution in [0, 0.1) is 17.3 Å². The third kappa shape index (κ3) is 8.20. The number of benzene rings is 1. The molecule has 0 aliphatic heterocycles. The predicted molar refractivity (Wildman–Crippen MR) is 142 cm³/mol. The average molecular weight is 539 g/mol. The highest BCUT2D eigenvalue weighted by molar-refractivity contribution is 7.19. The van der Waals surface area contributed by atoms with Gasteiger partial charge in [0.2, 0.25) is 0 Å². The molecule has 0 spiro atoms. The first-order valence-corrected chi connectivity index (χ1v) is 14.1. The quantitative estimate of drug-likeness (QED) is 0.141. The van der Waals surface area contributed by atoms with Crippen molar-refractivity contribution in [1.29, 1.82) is 0 Å². The lowest BCUT2D eigenvalue weighted by molar-refractivity contribution is -0.151. The second-order valence-corrected chi connectivity index (χ2v) is 11.7. The lowest BCUT2D eigenvalue weighted by Gasteiger charge is -2.26. The number of thiophene rings is 1. The Balaban J connectivity index is 1.36. The molecule has 2 aromatic rings. The summed E-state index contributed by atoms with van der Waals surface area (Å²) >= 11 is 1.59. The summed E-state index contributed by atoms with van der Waals surface area (Å²) in [5, 5.41) is 60.8. The van der Waals surface area contributed by atoms with E-state index in [1.54, 1.807) is 11.3 Å². The molecule has 1 aliphatic rings. The highest BCUT2D eigenvalue weighted by atomic mass is 32.1. The Morgan fingerprint density at radius 1 is 0.973 bits per heavy atom. The molecule has 1 aromatic carbocycles. The Bertz CT molecular complexity index is 917. The van der Waals surface area contributed by atoms with Gasteiger partial charge in [0.15, 0.2) is 0 Å². The molecule has 5 atom stereocenters. The zero-order valence-electron chi connectivity index (χ0n) is 21.4. The van der Waals surface area contributed by atoms with E-state index in [0.29, 0.717) is 25.7 Å². The van der Waals surface area contributed by atoms with Gasteiger partial charge in [0.25, 0.3) is 0 Å². The van der Waals surface area contributed by atoms with Crippen molar-refractivity contribution in [2.45, 2.75) is 76.1 Å². The molecule has 0 radical (unpaired) electrons. The van der Waals surface area contributed by atoms with Crippen molar-refractivity contribution < 1.29 is 40.2 Å². The first-order chi connectivity index (χ1) is 17.8. The summed E-state index contributed by atoms with van der Waals surface area (Å²) in [7, 11) is 0. The lowest BCUT2D eigenvalue weighted by Crippen LogP contribution is -2.39. The summed E-state index contributed by atoms with van der Waals surface area (Å²) in [5.41, 5.74) is -1.22. The Morgan fingerprint density at radius 2 is 1.62 bits per heavy atom. The number of hydrogen-bond donors (Lipinski definition) is 6. The van der Waals surface area contributed by atoms with Gasteiger partial charge in [-0.2, -0.15) is 0 Å². The molecule has 6 N–H and O–H groups in total. The Labute approximate surface area is 222 Å². The molecule has 0 saturated heterocycles. The molecule has 9 heteroatoms. The van der Waals surface area contributed by atoms with Crippen LogP contribution in [-0.2, 0) is 9.53 Å². The van der Waals surface area contributed by atoms with E-state index in [0.717, 1.165) is 40.6 Å². The zero-order valence-corrected chi connectivity index (χ0v) is 22.2. The van der Waals surface area contributed by atoms with Crippen molar-refractivity contribution >= 4 is 27.4 Å². The number of hydrogen-bond acceptors (Lipinski definition) is 9. The summed E-state index contributed by atoms with van der Waals surface area (Å²) < 4.78 is 6.25. The highest BCUT2D eigenvalue weighted by Crippen LogP contribution is 2.41. The first kappa shape index (κ1) is 30.0. The van der Waals surface area contributed by atoms with Gasteiger partial charge in [-0.1, -0.05) is 37.5 Å². The van der Waals surface area contributed by atoms with E-state index in [4.69, 9.17) is 4.74 Å². The van der Waals surface area contributed by atoms with Crippen molar-refractivity contribution in [3.8, 4) is 0 Å². The van der Waals surface area contributed by atoms with Crippen LogP contribution in [0.3, 0.4) is 0 Å². The summed E-state index contributed by atoms with van der Waals surface area (Å²) in [5.74, 6) is -0.469. The van der Waals surface area contributed by atoms with Gasteiger partial charge < -0.3 is 35.4 Å². The molecule has 3 rings (SSSR count). The third-order valence-corrected chi connectivity index (χ3v) is 9.00. The molecule has 0 bridgehead atoms. The Kier molecular flexibility index (Phi) is 11.8. The second-order valence-electron chi connectivity index (χ2n) is 10.6. The maximum Gasteiger partial charge on any atom is 0.305 e. The Morgan fingerprint density at radius 3 is 2.30 bits per heavy atom. The van der Waals surface area contributed by atoms with Gasteiger partial charge in [-0.15, -0.1) is 11.3 Å². The Hall–Kier alpha value is -1.59. The number of rotatable bonds is 16. The predicted octanol–water partition coefficient (Wildman–Crippen LogP) is 2.92. The van der Waals surface area contributed by atoms with Crippen LogP contribution >= 0.6 is 11.3 Å². The minimum absolute atomic E-state index is 0.00172. The maximum atomic E-state index is 11.9. The van der Waals surface area contributed by atoms with E-state index in [1.165, 1.54) is 0 Å². The molecular weight excluding hydrogens is 496 g/mol. The van der Waals surface area contributed by atoms with Crippen molar-refractivity contribution in [3.05, 3.63) is 35.2 Å². The number of aliphatic hydroxyl groups excluding tert-OH is 6. The average Bonchev–Trinajstić information content (AvgIpc) is 3.46. The molecule has 1 saturated carbocycles. The monoisotopic (exact) mass is 538 g/mol. The van der Waals surface area contributed by atoms with E-state index in [-0.39, 0.29) is 24.9 Å². The maximum absolute atomic E-state index is 11.9. The molecule has 1 heterocycles. The van der Waals surface area contributed by atoms with Crippen LogP contribution in [0.1, 0.15) is 68.8 Å². The molecule has 208 valence electrons. The summed E-state index contributed by atoms with van der Waals surface area (Å²) in [6.45, 7) is -1.64. The SMILES string of the molecule is O=C(CCCCCCC1[C@@H](CC[C@@H](O)c2cc3ccccc3s2)[C@H](O)C[C@@H]1O)OCC(CO)(CO)CO. The van der Waals surface area contributed by atoms with Crippen LogP contribution in [0.25, 0.3) is 10.1 Å². The van der Waals surface area contributed by atoms with Gasteiger partial charge in [-0.05, 0) is 61.5 Å². The van der Waals surface area contributed by atoms with Crippen LogP contribution in [0.15, 0.2) is 30.3 Å². The fourth-order valence-electron chi connectivity index (χ4n) is 5.24. The van der Waals surface area contributed by atoms with E-state index in [2.05, 4.69) is 0 Å². The number of unbranched alkanes of at least 4 members (excludes halogenated alkanes) is 3. The van der Waals surface area contributed by atoms with E-state index >= 15 is 0 Å². The van der Waals surface area contributed by atoms with E-state index in [1.807, 2.05) is 30.3 Å². The van der Waals surface area contributed by atoms with Crippen LogP contribution in [0.2, 0.25) is 0 Å². The molecule has 1 unspecified atom stereocenters. The topological polar surface area (TPSA) is 148 Å². The van der Waals surface area contributed by atoms with Gasteiger partial charge in [-0.3, -0.25) is 4.79 Å². The fourth-order valence-corrected chi connectivity index (χ4v) is 6.32. The number of carbonyl (C=O) groups excluding carboxylic acids is 1. The molecule has 0 amide bonds. The van der Waals surface area contributed by atoms with Crippen molar-refractivity contribution in [2.75, 3.05) is 26.4 Å². The van der Waals surface area contributed by atoms with Crippen molar-refractivity contribution in [2.24, 2.45) is 17.3 Å². The summed E-state index contributed by atoms with van der Waals surface area (Å²) in [4.78, 5) is 12.9. The van der Waals surface area contributed by atoms with Crippen molar-refractivity contribution in [3.63, 3.8) is 0 Å².